The first kappa shape index (κ1) is 15.2. The largest absolute Gasteiger partial charge is 0.352 e. The van der Waals surface area contributed by atoms with Crippen molar-refractivity contribution in [2.75, 3.05) is 6.54 Å². The Morgan fingerprint density at radius 3 is 2.86 bits per heavy atom. The van der Waals surface area contributed by atoms with Crippen LogP contribution < -0.4 is 5.32 Å². The number of carbonyl (C=O) groups is 1. The number of hydrogen-bond acceptors (Lipinski definition) is 4. The van der Waals surface area contributed by atoms with Crippen molar-refractivity contribution in [1.29, 1.82) is 0 Å². The molecule has 0 bridgehead atoms. The Morgan fingerprint density at radius 2 is 2.19 bits per heavy atom. The minimum atomic E-state index is -0.559. The zero-order valence-electron chi connectivity index (χ0n) is 11.0. The van der Waals surface area contributed by atoms with E-state index in [1.54, 1.807) is 16.9 Å². The Morgan fingerprint density at radius 1 is 1.43 bits per heavy atom. The minimum absolute atomic E-state index is 0.0735. The second-order valence-corrected chi connectivity index (χ2v) is 5.22. The predicted octanol–water partition coefficient (Wildman–Crippen LogP) is 2.37. The summed E-state index contributed by atoms with van der Waals surface area (Å²) >= 11 is 3.30. The second-order valence-electron chi connectivity index (χ2n) is 4.31. The molecule has 8 heteroatoms. The van der Waals surface area contributed by atoms with Crippen molar-refractivity contribution in [3.05, 3.63) is 56.8 Å². The van der Waals surface area contributed by atoms with Crippen LogP contribution in [0.2, 0.25) is 0 Å². The molecule has 0 aliphatic heterocycles. The summed E-state index contributed by atoms with van der Waals surface area (Å²) in [5, 5.41) is 17.6. The minimum Gasteiger partial charge on any atom is -0.352 e. The van der Waals surface area contributed by atoms with Crippen LogP contribution >= 0.6 is 15.9 Å². The third kappa shape index (κ3) is 4.12. The van der Waals surface area contributed by atoms with Crippen molar-refractivity contribution in [3.63, 3.8) is 0 Å². The fourth-order valence-electron chi connectivity index (χ4n) is 1.82. The van der Waals surface area contributed by atoms with Gasteiger partial charge in [0.1, 0.15) is 5.56 Å². The SMILES string of the molecule is O=C(NCCCn1cc(Br)cn1)c1ccccc1[N+](=O)[O-]. The average Bonchev–Trinajstić information content (AvgIpc) is 2.89. The Balaban J connectivity index is 1.86. The summed E-state index contributed by atoms with van der Waals surface area (Å²) in [7, 11) is 0. The van der Waals surface area contributed by atoms with Crippen molar-refractivity contribution in [3.8, 4) is 0 Å². The van der Waals surface area contributed by atoms with E-state index in [0.29, 0.717) is 19.5 Å². The molecule has 1 aromatic carbocycles. The van der Waals surface area contributed by atoms with E-state index in [2.05, 4.69) is 26.3 Å². The highest BCUT2D eigenvalue weighted by molar-refractivity contribution is 9.10. The lowest BCUT2D eigenvalue weighted by atomic mass is 10.1. The van der Waals surface area contributed by atoms with Gasteiger partial charge < -0.3 is 5.32 Å². The van der Waals surface area contributed by atoms with Crippen LogP contribution in [0.15, 0.2) is 41.1 Å². The first-order chi connectivity index (χ1) is 10.1. The predicted molar refractivity (Wildman–Crippen MR) is 80.0 cm³/mol. The molecule has 0 spiro atoms. The first-order valence-corrected chi connectivity index (χ1v) is 7.07. The highest BCUT2D eigenvalue weighted by atomic mass is 79.9. The number of halogens is 1. The smallest absolute Gasteiger partial charge is 0.282 e. The summed E-state index contributed by atoms with van der Waals surface area (Å²) in [4.78, 5) is 22.2. The molecule has 0 aliphatic rings. The lowest BCUT2D eigenvalue weighted by molar-refractivity contribution is -0.385. The van der Waals surface area contributed by atoms with E-state index in [1.807, 2.05) is 6.20 Å². The maximum Gasteiger partial charge on any atom is 0.282 e. The molecule has 1 N–H and O–H groups in total. The summed E-state index contributed by atoms with van der Waals surface area (Å²) in [6, 6.07) is 5.89. The van der Waals surface area contributed by atoms with Gasteiger partial charge in [0.2, 0.25) is 0 Å². The molecule has 0 unspecified atom stereocenters. The van der Waals surface area contributed by atoms with Crippen molar-refractivity contribution in [1.82, 2.24) is 15.1 Å². The summed E-state index contributed by atoms with van der Waals surface area (Å²) in [5.41, 5.74) is -0.115. The quantitative estimate of drug-likeness (QED) is 0.490. The third-order valence-corrected chi connectivity index (χ3v) is 3.21. The lowest BCUT2D eigenvalue weighted by Crippen LogP contribution is -2.26. The van der Waals surface area contributed by atoms with Crippen molar-refractivity contribution in [2.24, 2.45) is 0 Å². The number of para-hydroxylation sites is 1. The van der Waals surface area contributed by atoms with E-state index in [-0.39, 0.29) is 11.3 Å². The molecular formula is C13H13BrN4O3. The van der Waals surface area contributed by atoms with Gasteiger partial charge in [-0.05, 0) is 28.4 Å². The number of benzene rings is 1. The van der Waals surface area contributed by atoms with Crippen LogP contribution in [0.5, 0.6) is 0 Å². The molecule has 0 radical (unpaired) electrons. The Bertz CT molecular complexity index is 656. The van der Waals surface area contributed by atoms with Crippen LogP contribution in [0.1, 0.15) is 16.8 Å². The molecule has 0 aliphatic carbocycles. The lowest BCUT2D eigenvalue weighted by Gasteiger charge is -2.06. The molecule has 0 saturated carbocycles. The molecular weight excluding hydrogens is 340 g/mol. The molecule has 2 rings (SSSR count). The summed E-state index contributed by atoms with van der Waals surface area (Å²) < 4.78 is 2.65. The third-order valence-electron chi connectivity index (χ3n) is 2.80. The molecule has 1 heterocycles. The van der Waals surface area contributed by atoms with Crippen molar-refractivity contribution >= 4 is 27.5 Å². The van der Waals surface area contributed by atoms with Gasteiger partial charge in [-0.15, -0.1) is 0 Å². The summed E-state index contributed by atoms with van der Waals surface area (Å²) in [6.07, 6.45) is 4.20. The van der Waals surface area contributed by atoms with Crippen LogP contribution in [-0.2, 0) is 6.54 Å². The molecule has 1 amide bonds. The van der Waals surface area contributed by atoms with Gasteiger partial charge in [0.05, 0.1) is 15.6 Å². The van der Waals surface area contributed by atoms with Gasteiger partial charge >= 0.3 is 0 Å². The number of nitro groups is 1. The molecule has 0 fully saturated rings. The van der Waals surface area contributed by atoms with Gasteiger partial charge in [-0.2, -0.15) is 5.10 Å². The number of amides is 1. The Labute approximate surface area is 129 Å². The molecule has 2 aromatic rings. The average molecular weight is 353 g/mol. The number of aryl methyl sites for hydroxylation is 1. The topological polar surface area (TPSA) is 90.1 Å². The zero-order chi connectivity index (χ0) is 15.2. The van der Waals surface area contributed by atoms with Gasteiger partial charge in [0.15, 0.2) is 0 Å². The monoisotopic (exact) mass is 352 g/mol. The van der Waals surface area contributed by atoms with Gasteiger partial charge in [-0.3, -0.25) is 19.6 Å². The number of hydrogen-bond donors (Lipinski definition) is 1. The van der Waals surface area contributed by atoms with Crippen LogP contribution in [0, 0.1) is 10.1 Å². The first-order valence-electron chi connectivity index (χ1n) is 6.27. The normalized spacial score (nSPS) is 10.3. The summed E-state index contributed by atoms with van der Waals surface area (Å²) in [6.45, 7) is 1.07. The van der Waals surface area contributed by atoms with Crippen molar-refractivity contribution in [2.45, 2.75) is 13.0 Å². The molecule has 7 nitrogen and oxygen atoms in total. The van der Waals surface area contributed by atoms with Crippen LogP contribution in [0.25, 0.3) is 0 Å². The van der Waals surface area contributed by atoms with E-state index >= 15 is 0 Å². The molecule has 21 heavy (non-hydrogen) atoms. The van der Waals surface area contributed by atoms with Gasteiger partial charge in [0.25, 0.3) is 11.6 Å². The number of rotatable bonds is 6. The van der Waals surface area contributed by atoms with Crippen LogP contribution in [0.3, 0.4) is 0 Å². The fourth-order valence-corrected chi connectivity index (χ4v) is 2.15. The standard InChI is InChI=1S/C13H13BrN4O3/c14-10-8-16-17(9-10)7-3-6-15-13(19)11-4-1-2-5-12(11)18(20)21/h1-2,4-5,8-9H,3,6-7H2,(H,15,19). The second kappa shape index (κ2) is 6.98. The van der Waals surface area contributed by atoms with Gasteiger partial charge in [0, 0.05) is 25.4 Å². The van der Waals surface area contributed by atoms with Crippen molar-refractivity contribution < 1.29 is 9.72 Å². The number of nitrogens with one attached hydrogen (secondary N) is 1. The van der Waals surface area contributed by atoms with Gasteiger partial charge in [-0.25, -0.2) is 0 Å². The fraction of sp³-hybridized carbons (Fsp3) is 0.231. The number of nitro benzene ring substituents is 1. The highest BCUT2D eigenvalue weighted by Gasteiger charge is 2.18. The van der Waals surface area contributed by atoms with E-state index < -0.39 is 10.8 Å². The van der Waals surface area contributed by atoms with E-state index in [4.69, 9.17) is 0 Å². The van der Waals surface area contributed by atoms with Crippen LogP contribution in [0.4, 0.5) is 5.69 Å². The zero-order valence-corrected chi connectivity index (χ0v) is 12.6. The van der Waals surface area contributed by atoms with E-state index in [1.165, 1.54) is 18.2 Å². The van der Waals surface area contributed by atoms with Gasteiger partial charge in [-0.1, -0.05) is 12.1 Å². The summed E-state index contributed by atoms with van der Waals surface area (Å²) in [5.74, 6) is -0.441. The highest BCUT2D eigenvalue weighted by Crippen LogP contribution is 2.17. The molecule has 110 valence electrons. The molecule has 0 saturated heterocycles. The number of nitrogens with zero attached hydrogens (tertiary/aromatic N) is 3. The van der Waals surface area contributed by atoms with E-state index in [0.717, 1.165) is 4.47 Å². The van der Waals surface area contributed by atoms with E-state index in [9.17, 15) is 14.9 Å². The number of carbonyl (C=O) groups excluding carboxylic acids is 1. The Kier molecular flexibility index (Phi) is 5.04. The molecule has 0 atom stereocenters. The Hall–Kier alpha value is -2.22. The maximum absolute atomic E-state index is 11.9. The molecule has 1 aromatic heterocycles. The van der Waals surface area contributed by atoms with Crippen LogP contribution in [-0.4, -0.2) is 27.2 Å². The number of aromatic nitrogens is 2. The maximum atomic E-state index is 11.9.